The van der Waals surface area contributed by atoms with Crippen LogP contribution in [0.5, 0.6) is 5.75 Å². The fourth-order valence-corrected chi connectivity index (χ4v) is 2.64. The maximum atomic E-state index is 5.81. The van der Waals surface area contributed by atoms with Crippen LogP contribution in [0.4, 0.5) is 0 Å². The average molecular weight is 320 g/mol. The van der Waals surface area contributed by atoms with E-state index in [-0.39, 0.29) is 6.10 Å². The summed E-state index contributed by atoms with van der Waals surface area (Å²) in [6.45, 7) is 0. The van der Waals surface area contributed by atoms with Crippen molar-refractivity contribution in [1.82, 2.24) is 0 Å². The molecule has 1 aliphatic rings. The number of ether oxygens (including phenoxy) is 3. The molecule has 122 valence electrons. The highest BCUT2D eigenvalue weighted by atomic mass is 16.5. The number of hydrogen-bond donors (Lipinski definition) is 0. The van der Waals surface area contributed by atoms with Crippen molar-refractivity contribution in [3.8, 4) is 5.75 Å². The second kappa shape index (κ2) is 7.55. The molecule has 3 nitrogen and oxygen atoms in total. The van der Waals surface area contributed by atoms with Gasteiger partial charge in [0.25, 0.3) is 0 Å². The summed E-state index contributed by atoms with van der Waals surface area (Å²) in [6, 6.07) is 18.0. The zero-order valence-corrected chi connectivity index (χ0v) is 13.8. The molecule has 2 aromatic rings. The van der Waals surface area contributed by atoms with Gasteiger partial charge in [-0.25, -0.2) is 0 Å². The SMILES string of the molecule is COC1=C(c2ccccc2)C(C=Cc2ccc(OC)cc2)OC=C1. The molecule has 0 saturated carbocycles. The molecule has 3 rings (SSSR count). The van der Waals surface area contributed by atoms with Crippen LogP contribution in [-0.4, -0.2) is 20.3 Å². The van der Waals surface area contributed by atoms with Crippen molar-refractivity contribution < 1.29 is 14.2 Å². The van der Waals surface area contributed by atoms with E-state index in [4.69, 9.17) is 14.2 Å². The molecule has 1 heterocycles. The van der Waals surface area contributed by atoms with E-state index in [1.54, 1.807) is 20.5 Å². The molecule has 1 aliphatic heterocycles. The molecule has 0 fully saturated rings. The molecule has 0 bridgehead atoms. The molecule has 0 spiro atoms. The monoisotopic (exact) mass is 320 g/mol. The highest BCUT2D eigenvalue weighted by Crippen LogP contribution is 2.30. The van der Waals surface area contributed by atoms with Gasteiger partial charge in [-0.3, -0.25) is 0 Å². The van der Waals surface area contributed by atoms with Crippen molar-refractivity contribution >= 4 is 11.6 Å². The lowest BCUT2D eigenvalue weighted by atomic mass is 9.96. The second-order valence-corrected chi connectivity index (χ2v) is 5.34. The largest absolute Gasteiger partial charge is 0.497 e. The lowest BCUT2D eigenvalue weighted by Gasteiger charge is -2.23. The standard InChI is InChI=1S/C21H20O3/c1-22-18-11-8-16(9-12-18)10-13-20-21(17-6-4-3-5-7-17)19(23-2)14-15-24-20/h3-15,20H,1-2H3. The summed E-state index contributed by atoms with van der Waals surface area (Å²) in [5.41, 5.74) is 3.19. The Morgan fingerprint density at radius 1 is 0.917 bits per heavy atom. The fourth-order valence-electron chi connectivity index (χ4n) is 2.64. The summed E-state index contributed by atoms with van der Waals surface area (Å²) in [4.78, 5) is 0. The van der Waals surface area contributed by atoms with Crippen molar-refractivity contribution in [3.05, 3.63) is 89.9 Å². The minimum Gasteiger partial charge on any atom is -0.497 e. The number of rotatable bonds is 5. The Morgan fingerprint density at radius 2 is 1.67 bits per heavy atom. The van der Waals surface area contributed by atoms with Gasteiger partial charge in [-0.15, -0.1) is 0 Å². The molecule has 0 saturated heterocycles. The van der Waals surface area contributed by atoms with Gasteiger partial charge in [0.15, 0.2) is 0 Å². The van der Waals surface area contributed by atoms with Crippen LogP contribution in [0.25, 0.3) is 11.6 Å². The van der Waals surface area contributed by atoms with Crippen LogP contribution >= 0.6 is 0 Å². The molecule has 0 amide bonds. The van der Waals surface area contributed by atoms with Crippen molar-refractivity contribution in [2.24, 2.45) is 0 Å². The van der Waals surface area contributed by atoms with Crippen molar-refractivity contribution in [3.63, 3.8) is 0 Å². The third kappa shape index (κ3) is 3.51. The van der Waals surface area contributed by atoms with Crippen LogP contribution in [0.2, 0.25) is 0 Å². The lowest BCUT2D eigenvalue weighted by Crippen LogP contribution is -2.15. The molecule has 1 atom stereocenters. The highest BCUT2D eigenvalue weighted by Gasteiger charge is 2.21. The van der Waals surface area contributed by atoms with Gasteiger partial charge in [-0.2, -0.15) is 0 Å². The summed E-state index contributed by atoms with van der Waals surface area (Å²) in [5.74, 6) is 1.66. The normalized spacial score (nSPS) is 17.0. The third-order valence-corrected chi connectivity index (χ3v) is 3.88. The van der Waals surface area contributed by atoms with Crippen LogP contribution in [0.3, 0.4) is 0 Å². The Morgan fingerprint density at radius 3 is 2.33 bits per heavy atom. The van der Waals surface area contributed by atoms with Crippen molar-refractivity contribution in [1.29, 1.82) is 0 Å². The van der Waals surface area contributed by atoms with E-state index >= 15 is 0 Å². The smallest absolute Gasteiger partial charge is 0.146 e. The summed E-state index contributed by atoms with van der Waals surface area (Å²) in [6.07, 6.45) is 7.40. The van der Waals surface area contributed by atoms with E-state index in [9.17, 15) is 0 Å². The molecule has 0 N–H and O–H groups in total. The lowest BCUT2D eigenvalue weighted by molar-refractivity contribution is 0.214. The van der Waals surface area contributed by atoms with Crippen LogP contribution in [-0.2, 0) is 9.47 Å². The van der Waals surface area contributed by atoms with Gasteiger partial charge in [-0.05, 0) is 29.3 Å². The Labute approximate surface area is 142 Å². The second-order valence-electron chi connectivity index (χ2n) is 5.34. The predicted molar refractivity (Wildman–Crippen MR) is 96.4 cm³/mol. The summed E-state index contributed by atoms with van der Waals surface area (Å²) in [7, 11) is 3.34. The van der Waals surface area contributed by atoms with Gasteiger partial charge in [-0.1, -0.05) is 48.5 Å². The molecule has 1 unspecified atom stereocenters. The maximum absolute atomic E-state index is 5.81. The van der Waals surface area contributed by atoms with Crippen LogP contribution < -0.4 is 4.74 Å². The van der Waals surface area contributed by atoms with Gasteiger partial charge >= 0.3 is 0 Å². The number of methoxy groups -OCH3 is 2. The van der Waals surface area contributed by atoms with E-state index in [0.717, 1.165) is 28.2 Å². The first-order valence-corrected chi connectivity index (χ1v) is 7.79. The Kier molecular flexibility index (Phi) is 5.02. The van der Waals surface area contributed by atoms with Crippen LogP contribution in [0, 0.1) is 0 Å². The topological polar surface area (TPSA) is 27.7 Å². The minimum atomic E-state index is -0.200. The van der Waals surface area contributed by atoms with Gasteiger partial charge in [0.2, 0.25) is 0 Å². The molecular weight excluding hydrogens is 300 g/mol. The van der Waals surface area contributed by atoms with Gasteiger partial charge in [0.1, 0.15) is 17.6 Å². The summed E-state index contributed by atoms with van der Waals surface area (Å²) in [5, 5.41) is 0. The summed E-state index contributed by atoms with van der Waals surface area (Å²) < 4.78 is 16.5. The Balaban J connectivity index is 1.89. The average Bonchev–Trinajstić information content (AvgIpc) is 2.67. The molecule has 2 aromatic carbocycles. The van der Waals surface area contributed by atoms with Crippen LogP contribution in [0.1, 0.15) is 11.1 Å². The van der Waals surface area contributed by atoms with E-state index in [1.807, 2.05) is 60.7 Å². The van der Waals surface area contributed by atoms with Gasteiger partial charge in [0.05, 0.1) is 20.5 Å². The molecular formula is C21H20O3. The Hall–Kier alpha value is -2.94. The van der Waals surface area contributed by atoms with E-state index in [2.05, 4.69) is 12.1 Å². The molecule has 0 aliphatic carbocycles. The fraction of sp³-hybridized carbons (Fsp3) is 0.143. The zero-order chi connectivity index (χ0) is 16.8. The zero-order valence-electron chi connectivity index (χ0n) is 13.8. The highest BCUT2D eigenvalue weighted by molar-refractivity contribution is 5.76. The third-order valence-electron chi connectivity index (χ3n) is 3.88. The first-order chi connectivity index (χ1) is 11.8. The number of benzene rings is 2. The quantitative estimate of drug-likeness (QED) is 0.800. The molecule has 24 heavy (non-hydrogen) atoms. The summed E-state index contributed by atoms with van der Waals surface area (Å²) >= 11 is 0. The predicted octanol–water partition coefficient (Wildman–Crippen LogP) is 4.68. The van der Waals surface area contributed by atoms with E-state index < -0.39 is 0 Å². The first kappa shape index (κ1) is 15.9. The Bertz CT molecular complexity index is 755. The number of hydrogen-bond acceptors (Lipinski definition) is 3. The van der Waals surface area contributed by atoms with E-state index in [0.29, 0.717) is 0 Å². The molecule has 0 aromatic heterocycles. The molecule has 3 heteroatoms. The van der Waals surface area contributed by atoms with Gasteiger partial charge < -0.3 is 14.2 Å². The maximum Gasteiger partial charge on any atom is 0.146 e. The van der Waals surface area contributed by atoms with Crippen molar-refractivity contribution in [2.75, 3.05) is 14.2 Å². The minimum absolute atomic E-state index is 0.200. The van der Waals surface area contributed by atoms with E-state index in [1.165, 1.54) is 0 Å². The van der Waals surface area contributed by atoms with Gasteiger partial charge in [0, 0.05) is 11.6 Å². The first-order valence-electron chi connectivity index (χ1n) is 7.79. The number of allylic oxidation sites excluding steroid dienone is 1. The van der Waals surface area contributed by atoms with Crippen molar-refractivity contribution in [2.45, 2.75) is 6.10 Å². The van der Waals surface area contributed by atoms with Crippen LogP contribution in [0.15, 0.2) is 78.8 Å². The molecule has 0 radical (unpaired) electrons.